The second kappa shape index (κ2) is 34.2. The monoisotopic (exact) mass is 1210 g/mol. The minimum atomic E-state index is -1.07. The maximum atomic E-state index is 14.5. The third-order valence-electron chi connectivity index (χ3n) is 14.8. The molecule has 0 aromatic heterocycles. The lowest BCUT2D eigenvalue weighted by Gasteiger charge is -2.36. The van der Waals surface area contributed by atoms with Gasteiger partial charge in [-0.3, -0.25) is 24.0 Å². The minimum Gasteiger partial charge on any atom is -0.497 e. The molecule has 20 heteroatoms. The number of carbonyl (C=O) groups excluding carboxylic acids is 7. The van der Waals surface area contributed by atoms with Crippen molar-refractivity contribution >= 4 is 59.1 Å². The fourth-order valence-electron chi connectivity index (χ4n) is 9.74. The number of methoxy groups -OCH3 is 3. The number of alkyl carbamates (subject to hydrolysis) is 1. The number of benzene rings is 4. The van der Waals surface area contributed by atoms with Crippen molar-refractivity contribution in [2.75, 3.05) is 52.8 Å². The fourth-order valence-corrected chi connectivity index (χ4v) is 10.9. The van der Waals surface area contributed by atoms with Gasteiger partial charge in [0.25, 0.3) is 5.91 Å². The molecule has 5 atom stereocenters. The van der Waals surface area contributed by atoms with Crippen LogP contribution in [0.1, 0.15) is 142 Å². The van der Waals surface area contributed by atoms with Crippen molar-refractivity contribution in [2.24, 2.45) is 11.3 Å². The normalized spacial score (nSPS) is 14.9. The number of aryl methyl sites for hydroxylation is 1. The molecule has 4 aromatic carbocycles. The number of nitrogens with zero attached hydrogens (tertiary/aromatic N) is 2. The van der Waals surface area contributed by atoms with Crippen molar-refractivity contribution in [2.45, 2.75) is 173 Å². The summed E-state index contributed by atoms with van der Waals surface area (Å²) < 4.78 is 30.1. The Morgan fingerprint density at radius 1 is 0.756 bits per heavy atom. The first-order valence-electron chi connectivity index (χ1n) is 29.9. The summed E-state index contributed by atoms with van der Waals surface area (Å²) in [6.45, 7) is 16.1. The Labute approximate surface area is 512 Å². The van der Waals surface area contributed by atoms with E-state index in [0.29, 0.717) is 87.1 Å². The SMILES string of the molecule is CCC(C)(C)C(=O)C(=O)N1CCCCC1C(=O)OC(CCc1ccc(OC)c(OC)c1)c1cccc(NC(=O)CCC(=O)NC(CCCCNC(=O)OC(C)(C)C)C(=O)NC(Cc2ccccc2)C(O)CN(CC(C)C)Sc2ccc(OC)cc2)c1. The average Bonchev–Trinajstić information content (AvgIpc) is 2.24. The van der Waals surface area contributed by atoms with Gasteiger partial charge in [0.2, 0.25) is 23.5 Å². The number of nitrogens with one attached hydrogen (secondary N) is 4. The zero-order valence-corrected chi connectivity index (χ0v) is 53.0. The Balaban J connectivity index is 1.32. The molecule has 0 aliphatic carbocycles. The van der Waals surface area contributed by atoms with Crippen molar-refractivity contribution in [1.29, 1.82) is 0 Å². The summed E-state index contributed by atoms with van der Waals surface area (Å²) >= 11 is 1.50. The van der Waals surface area contributed by atoms with Gasteiger partial charge in [0, 0.05) is 55.0 Å². The number of likely N-dealkylation sites (tertiary alicyclic amines) is 1. The number of hydrogen-bond donors (Lipinski definition) is 5. The highest BCUT2D eigenvalue weighted by Gasteiger charge is 2.41. The smallest absolute Gasteiger partial charge is 0.407 e. The van der Waals surface area contributed by atoms with Crippen LogP contribution in [-0.2, 0) is 51.1 Å². The first-order chi connectivity index (χ1) is 40.9. The van der Waals surface area contributed by atoms with Gasteiger partial charge in [0.15, 0.2) is 11.5 Å². The predicted octanol–water partition coefficient (Wildman–Crippen LogP) is 9.97. The number of amides is 5. The molecule has 1 fully saturated rings. The van der Waals surface area contributed by atoms with Crippen LogP contribution in [0, 0.1) is 11.3 Å². The fraction of sp³-hybridized carbons (Fsp3) is 0.530. The van der Waals surface area contributed by atoms with Gasteiger partial charge in [-0.15, -0.1) is 0 Å². The number of anilines is 1. The molecule has 5 unspecified atom stereocenters. The molecule has 1 saturated heterocycles. The predicted molar refractivity (Wildman–Crippen MR) is 333 cm³/mol. The van der Waals surface area contributed by atoms with Crippen molar-refractivity contribution in [3.63, 3.8) is 0 Å². The standard InChI is InChI=1S/C66H92N6O13S/c1-12-66(7,8)60(76)62(78)72-38-19-17-26-53(72)63(79)84-55(33-27-46-28-34-56(82-10)57(40-46)83-11)47-23-20-24-48(41-47)68-58(74)35-36-59(75)69-51(25-16-18-37-67-64(80)85-65(4,5)6)61(77)70-52(39-45-21-14-13-15-22-45)54(73)43-71(42-44(2)3)86-50-31-29-49(81-9)30-32-50/h13-15,20-24,28-32,34,40-41,44,51-55,73H,12,16-19,25-27,33,35-39,42-43H2,1-11H3,(H,67,80)(H,68,74)(H,69,75)(H,70,77). The van der Waals surface area contributed by atoms with Crippen molar-refractivity contribution in [3.05, 3.63) is 114 Å². The van der Waals surface area contributed by atoms with E-state index in [1.165, 1.54) is 16.8 Å². The number of piperidine rings is 1. The van der Waals surface area contributed by atoms with Crippen LogP contribution in [0.5, 0.6) is 17.2 Å². The van der Waals surface area contributed by atoms with Crippen molar-refractivity contribution in [1.82, 2.24) is 25.2 Å². The molecule has 1 heterocycles. The van der Waals surface area contributed by atoms with Gasteiger partial charge in [-0.25, -0.2) is 13.9 Å². The summed E-state index contributed by atoms with van der Waals surface area (Å²) in [7, 11) is 4.70. The number of Topliss-reactive ketones (excluding diaryl/α,β-unsaturated/α-hetero) is 1. The van der Waals surface area contributed by atoms with Gasteiger partial charge in [-0.05, 0) is 168 Å². The number of aliphatic hydroxyl groups is 1. The zero-order valence-electron chi connectivity index (χ0n) is 52.2. The lowest BCUT2D eigenvalue weighted by Crippen LogP contribution is -2.55. The van der Waals surface area contributed by atoms with Crippen LogP contribution >= 0.6 is 11.9 Å². The van der Waals surface area contributed by atoms with E-state index in [9.17, 15) is 38.7 Å². The molecule has 1 aliphatic rings. The molecule has 86 heavy (non-hydrogen) atoms. The van der Waals surface area contributed by atoms with E-state index in [1.54, 1.807) is 86.3 Å². The van der Waals surface area contributed by atoms with E-state index in [2.05, 4.69) is 39.4 Å². The molecular weight excluding hydrogens is 1120 g/mol. The van der Waals surface area contributed by atoms with E-state index >= 15 is 0 Å². The molecular formula is C66H92N6O13S. The van der Waals surface area contributed by atoms with Crippen LogP contribution in [0.2, 0.25) is 0 Å². The summed E-state index contributed by atoms with van der Waals surface area (Å²) in [5, 5.41) is 23.6. The molecule has 0 radical (unpaired) electrons. The third-order valence-corrected chi connectivity index (χ3v) is 15.9. The van der Waals surface area contributed by atoms with E-state index < -0.39 is 82.8 Å². The van der Waals surface area contributed by atoms with Crippen molar-refractivity contribution < 1.29 is 62.4 Å². The number of esters is 1. The Kier molecular flexibility index (Phi) is 27.7. The molecule has 4 aromatic rings. The van der Waals surface area contributed by atoms with E-state index in [1.807, 2.05) is 73.7 Å². The first-order valence-corrected chi connectivity index (χ1v) is 30.7. The van der Waals surface area contributed by atoms with Crippen LogP contribution in [0.3, 0.4) is 0 Å². The van der Waals surface area contributed by atoms with Gasteiger partial charge >= 0.3 is 12.1 Å². The Hall–Kier alpha value is -7.16. The molecule has 0 saturated carbocycles. The van der Waals surface area contributed by atoms with Crippen LogP contribution in [0.4, 0.5) is 10.5 Å². The second-order valence-electron chi connectivity index (χ2n) is 23.8. The highest BCUT2D eigenvalue weighted by Crippen LogP contribution is 2.33. The molecule has 0 spiro atoms. The Bertz CT molecular complexity index is 2850. The topological polar surface area (TPSA) is 240 Å². The van der Waals surface area contributed by atoms with Crippen LogP contribution < -0.4 is 35.5 Å². The van der Waals surface area contributed by atoms with E-state index in [0.717, 1.165) is 21.8 Å². The summed E-state index contributed by atoms with van der Waals surface area (Å²) in [4.78, 5) is 98.3. The highest BCUT2D eigenvalue weighted by molar-refractivity contribution is 7.97. The largest absolute Gasteiger partial charge is 0.497 e. The number of aliphatic hydroxyl groups excluding tert-OH is 1. The number of unbranched alkanes of at least 4 members (excludes halogenated alkanes) is 1. The number of rotatable bonds is 33. The average molecular weight is 1210 g/mol. The third kappa shape index (κ3) is 22.9. The van der Waals surface area contributed by atoms with Crippen molar-refractivity contribution in [3.8, 4) is 17.2 Å². The minimum absolute atomic E-state index is 0.176. The highest BCUT2D eigenvalue weighted by atomic mass is 32.2. The maximum absolute atomic E-state index is 14.5. The van der Waals surface area contributed by atoms with Gasteiger partial charge in [0.1, 0.15) is 29.5 Å². The molecule has 5 N–H and O–H groups in total. The number of hydrogen-bond acceptors (Lipinski definition) is 15. The van der Waals surface area contributed by atoms with E-state index in [-0.39, 0.29) is 44.8 Å². The number of ketones is 1. The summed E-state index contributed by atoms with van der Waals surface area (Å²) in [6, 6.07) is 26.7. The lowest BCUT2D eigenvalue weighted by atomic mass is 9.84. The molecule has 19 nitrogen and oxygen atoms in total. The van der Waals surface area contributed by atoms with Gasteiger partial charge in [-0.1, -0.05) is 83.1 Å². The lowest BCUT2D eigenvalue weighted by molar-refractivity contribution is -0.164. The Morgan fingerprint density at radius 3 is 2.13 bits per heavy atom. The van der Waals surface area contributed by atoms with Crippen LogP contribution in [0.25, 0.3) is 0 Å². The molecule has 0 bridgehead atoms. The summed E-state index contributed by atoms with van der Waals surface area (Å²) in [6.07, 6.45) is 1.12. The summed E-state index contributed by atoms with van der Waals surface area (Å²) in [5.74, 6) is -1.42. The number of carbonyl (C=O) groups is 7. The summed E-state index contributed by atoms with van der Waals surface area (Å²) in [5.41, 5.74) is 1.09. The molecule has 5 rings (SSSR count). The van der Waals surface area contributed by atoms with Gasteiger partial charge in [0.05, 0.1) is 33.5 Å². The quantitative estimate of drug-likeness (QED) is 0.0129. The van der Waals surface area contributed by atoms with E-state index in [4.69, 9.17) is 23.7 Å². The number of ether oxygens (including phenoxy) is 5. The first kappa shape index (κ1) is 69.6. The van der Waals surface area contributed by atoms with Gasteiger partial charge < -0.3 is 55.0 Å². The Morgan fingerprint density at radius 2 is 1.47 bits per heavy atom. The van der Waals surface area contributed by atoms with Crippen LogP contribution in [0.15, 0.2) is 102 Å². The molecule has 5 amide bonds. The second-order valence-corrected chi connectivity index (χ2v) is 25.0. The maximum Gasteiger partial charge on any atom is 0.407 e. The zero-order chi connectivity index (χ0) is 63.0. The van der Waals surface area contributed by atoms with Gasteiger partial charge in [-0.2, -0.15) is 0 Å². The molecule has 1 aliphatic heterocycles. The molecule has 470 valence electrons. The van der Waals surface area contributed by atoms with Crippen LogP contribution in [-0.4, -0.2) is 133 Å².